The predicted molar refractivity (Wildman–Crippen MR) is 76.7 cm³/mol. The first-order chi connectivity index (χ1) is 8.56. The zero-order valence-electron chi connectivity index (χ0n) is 9.28. The van der Waals surface area contributed by atoms with Gasteiger partial charge in [0.2, 0.25) is 0 Å². The maximum atomic E-state index is 7.53. The number of hydrogen-bond donors (Lipinski definition) is 2. The fourth-order valence-corrected chi connectivity index (χ4v) is 1.92. The summed E-state index contributed by atoms with van der Waals surface area (Å²) in [7, 11) is 0. The molecule has 0 aromatic heterocycles. The summed E-state index contributed by atoms with van der Waals surface area (Å²) in [5, 5.41) is 8.17. The lowest BCUT2D eigenvalue weighted by molar-refractivity contribution is 0.481. The van der Waals surface area contributed by atoms with Gasteiger partial charge < -0.3 is 10.5 Å². The third-order valence-electron chi connectivity index (χ3n) is 2.27. The van der Waals surface area contributed by atoms with E-state index in [1.165, 1.54) is 0 Å². The average molecular weight is 326 g/mol. The Labute approximate surface area is 118 Å². The van der Waals surface area contributed by atoms with Crippen LogP contribution in [0.4, 0.5) is 0 Å². The lowest BCUT2D eigenvalue weighted by atomic mass is 10.2. The Kier molecular flexibility index (Phi) is 3.89. The lowest BCUT2D eigenvalue weighted by Crippen LogP contribution is -2.12. The van der Waals surface area contributed by atoms with E-state index in [0.29, 0.717) is 22.1 Å². The molecule has 0 radical (unpaired) electrons. The molecule has 0 spiro atoms. The van der Waals surface area contributed by atoms with Crippen molar-refractivity contribution in [2.75, 3.05) is 0 Å². The number of nitrogens with two attached hydrogens (primary N) is 1. The van der Waals surface area contributed by atoms with E-state index < -0.39 is 0 Å². The standard InChI is InChI=1S/C13H10BrClN2O/c14-8-1-6-12(11(7-8)13(16)17)18-10-4-2-9(15)3-5-10/h1-7H,(H3,16,17). The predicted octanol–water partition coefficient (Wildman–Crippen LogP) is 4.18. The van der Waals surface area contributed by atoms with Crippen LogP contribution in [-0.4, -0.2) is 5.84 Å². The number of amidine groups is 1. The van der Waals surface area contributed by atoms with Gasteiger partial charge in [-0.3, -0.25) is 5.41 Å². The number of nitrogens with one attached hydrogen (secondary N) is 1. The summed E-state index contributed by atoms with van der Waals surface area (Å²) in [4.78, 5) is 0. The van der Waals surface area contributed by atoms with Crippen LogP contribution < -0.4 is 10.5 Å². The van der Waals surface area contributed by atoms with Crippen LogP contribution in [0.2, 0.25) is 5.02 Å². The molecular formula is C13H10BrClN2O. The third kappa shape index (κ3) is 3.03. The molecule has 2 aromatic rings. The van der Waals surface area contributed by atoms with Gasteiger partial charge in [-0.25, -0.2) is 0 Å². The fraction of sp³-hybridized carbons (Fsp3) is 0. The molecule has 5 heteroatoms. The highest BCUT2D eigenvalue weighted by Gasteiger charge is 2.08. The van der Waals surface area contributed by atoms with E-state index in [4.69, 9.17) is 27.5 Å². The van der Waals surface area contributed by atoms with Crippen LogP contribution in [-0.2, 0) is 0 Å². The zero-order valence-corrected chi connectivity index (χ0v) is 11.6. The summed E-state index contributed by atoms with van der Waals surface area (Å²) in [5.74, 6) is 1.14. The number of rotatable bonds is 3. The Bertz CT molecular complexity index is 584. The van der Waals surface area contributed by atoms with Crippen molar-refractivity contribution < 1.29 is 4.74 Å². The van der Waals surface area contributed by atoms with E-state index >= 15 is 0 Å². The smallest absolute Gasteiger partial charge is 0.138 e. The number of ether oxygens (including phenoxy) is 1. The van der Waals surface area contributed by atoms with Crippen molar-refractivity contribution >= 4 is 33.4 Å². The van der Waals surface area contributed by atoms with Gasteiger partial charge in [0, 0.05) is 9.50 Å². The van der Waals surface area contributed by atoms with Crippen LogP contribution in [0.25, 0.3) is 0 Å². The molecule has 0 bridgehead atoms. The maximum absolute atomic E-state index is 7.53. The molecule has 0 saturated heterocycles. The van der Waals surface area contributed by atoms with Crippen molar-refractivity contribution in [3.63, 3.8) is 0 Å². The summed E-state index contributed by atoms with van der Waals surface area (Å²) in [6.45, 7) is 0. The van der Waals surface area contributed by atoms with Crippen LogP contribution in [0.5, 0.6) is 11.5 Å². The SMILES string of the molecule is N=C(N)c1cc(Br)ccc1Oc1ccc(Cl)cc1. The van der Waals surface area contributed by atoms with Crippen molar-refractivity contribution in [1.29, 1.82) is 5.41 Å². The molecule has 0 aliphatic rings. The quantitative estimate of drug-likeness (QED) is 0.657. The molecule has 0 aliphatic heterocycles. The molecule has 2 aromatic carbocycles. The van der Waals surface area contributed by atoms with E-state index in [9.17, 15) is 0 Å². The molecule has 0 heterocycles. The van der Waals surface area contributed by atoms with Crippen LogP contribution in [0.3, 0.4) is 0 Å². The molecule has 92 valence electrons. The van der Waals surface area contributed by atoms with Crippen LogP contribution in [0.15, 0.2) is 46.9 Å². The van der Waals surface area contributed by atoms with Crippen molar-refractivity contribution in [2.24, 2.45) is 5.73 Å². The van der Waals surface area contributed by atoms with Gasteiger partial charge in [-0.2, -0.15) is 0 Å². The highest BCUT2D eigenvalue weighted by molar-refractivity contribution is 9.10. The van der Waals surface area contributed by atoms with E-state index in [-0.39, 0.29) is 5.84 Å². The van der Waals surface area contributed by atoms with Gasteiger partial charge in [0.25, 0.3) is 0 Å². The van der Waals surface area contributed by atoms with Gasteiger partial charge >= 0.3 is 0 Å². The van der Waals surface area contributed by atoms with Crippen molar-refractivity contribution in [1.82, 2.24) is 0 Å². The Morgan fingerprint density at radius 3 is 2.44 bits per heavy atom. The highest BCUT2D eigenvalue weighted by Crippen LogP contribution is 2.28. The van der Waals surface area contributed by atoms with Crippen LogP contribution >= 0.6 is 27.5 Å². The monoisotopic (exact) mass is 324 g/mol. The van der Waals surface area contributed by atoms with Crippen molar-refractivity contribution in [2.45, 2.75) is 0 Å². The Morgan fingerprint density at radius 2 is 1.83 bits per heavy atom. The van der Waals surface area contributed by atoms with Gasteiger partial charge in [-0.05, 0) is 42.5 Å². The molecular weight excluding hydrogens is 316 g/mol. The zero-order chi connectivity index (χ0) is 13.1. The maximum Gasteiger partial charge on any atom is 0.138 e. The van der Waals surface area contributed by atoms with Gasteiger partial charge in [0.05, 0.1) is 5.56 Å². The van der Waals surface area contributed by atoms with Gasteiger partial charge in [0.1, 0.15) is 17.3 Å². The Morgan fingerprint density at radius 1 is 1.17 bits per heavy atom. The highest BCUT2D eigenvalue weighted by atomic mass is 79.9. The Hall–Kier alpha value is -1.52. The van der Waals surface area contributed by atoms with E-state index in [0.717, 1.165) is 4.47 Å². The van der Waals surface area contributed by atoms with Crippen molar-refractivity contribution in [3.05, 3.63) is 57.5 Å². The summed E-state index contributed by atoms with van der Waals surface area (Å²) in [5.41, 5.74) is 6.06. The third-order valence-corrected chi connectivity index (χ3v) is 3.02. The Balaban J connectivity index is 2.34. The molecule has 0 fully saturated rings. The topological polar surface area (TPSA) is 59.1 Å². The van der Waals surface area contributed by atoms with Gasteiger partial charge in [-0.15, -0.1) is 0 Å². The summed E-state index contributed by atoms with van der Waals surface area (Å²) < 4.78 is 6.52. The lowest BCUT2D eigenvalue weighted by Gasteiger charge is -2.10. The van der Waals surface area contributed by atoms with E-state index in [2.05, 4.69) is 15.9 Å². The van der Waals surface area contributed by atoms with Gasteiger partial charge in [0.15, 0.2) is 0 Å². The van der Waals surface area contributed by atoms with E-state index in [1.807, 2.05) is 6.07 Å². The number of halogens is 2. The molecule has 0 amide bonds. The first kappa shape index (κ1) is 12.9. The molecule has 0 aliphatic carbocycles. The minimum absolute atomic E-state index is 0.0414. The van der Waals surface area contributed by atoms with E-state index in [1.54, 1.807) is 36.4 Å². The molecule has 3 N–H and O–H groups in total. The molecule has 3 nitrogen and oxygen atoms in total. The normalized spacial score (nSPS) is 10.1. The molecule has 0 unspecified atom stereocenters. The second-order valence-electron chi connectivity index (χ2n) is 3.61. The second kappa shape index (κ2) is 5.42. The first-order valence-electron chi connectivity index (χ1n) is 5.13. The average Bonchev–Trinajstić information content (AvgIpc) is 2.34. The van der Waals surface area contributed by atoms with Crippen molar-refractivity contribution in [3.8, 4) is 11.5 Å². The van der Waals surface area contributed by atoms with Crippen LogP contribution in [0.1, 0.15) is 5.56 Å². The second-order valence-corrected chi connectivity index (χ2v) is 4.96. The fourth-order valence-electron chi connectivity index (χ4n) is 1.43. The molecule has 0 saturated carbocycles. The van der Waals surface area contributed by atoms with Gasteiger partial charge in [-0.1, -0.05) is 27.5 Å². The number of benzene rings is 2. The largest absolute Gasteiger partial charge is 0.457 e. The first-order valence-corrected chi connectivity index (χ1v) is 6.31. The molecule has 18 heavy (non-hydrogen) atoms. The summed E-state index contributed by atoms with van der Waals surface area (Å²) in [6, 6.07) is 12.3. The number of hydrogen-bond acceptors (Lipinski definition) is 2. The summed E-state index contributed by atoms with van der Waals surface area (Å²) >= 11 is 9.14. The molecule has 0 atom stereocenters. The minimum atomic E-state index is -0.0414. The van der Waals surface area contributed by atoms with Crippen LogP contribution in [0, 0.1) is 5.41 Å². The minimum Gasteiger partial charge on any atom is -0.457 e. The summed E-state index contributed by atoms with van der Waals surface area (Å²) in [6.07, 6.45) is 0. The number of nitrogen functional groups attached to an aromatic ring is 1. The molecule has 2 rings (SSSR count).